The fourth-order valence-corrected chi connectivity index (χ4v) is 1.78. The number of hydrogen-bond acceptors (Lipinski definition) is 4. The van der Waals surface area contributed by atoms with Gasteiger partial charge in [0.15, 0.2) is 0 Å². The minimum atomic E-state index is -0.0609. The smallest absolute Gasteiger partial charge is 0.254 e. The zero-order valence-electron chi connectivity index (χ0n) is 11.6. The minimum absolute atomic E-state index is 0.0609. The maximum atomic E-state index is 11.7. The van der Waals surface area contributed by atoms with Crippen LogP contribution in [0, 0.1) is 0 Å². The molecule has 5 heteroatoms. The average molecular weight is 270 g/mol. The van der Waals surface area contributed by atoms with Crippen LogP contribution >= 0.6 is 0 Å². The Morgan fingerprint density at radius 1 is 1.30 bits per heavy atom. The van der Waals surface area contributed by atoms with E-state index in [1.54, 1.807) is 32.4 Å². The number of hydrogen-bond donors (Lipinski definition) is 2. The summed E-state index contributed by atoms with van der Waals surface area (Å²) in [4.78, 5) is 17.5. The molecule has 5 nitrogen and oxygen atoms in total. The molecule has 0 fully saturated rings. The van der Waals surface area contributed by atoms with Gasteiger partial charge >= 0.3 is 0 Å². The van der Waals surface area contributed by atoms with Gasteiger partial charge in [-0.1, -0.05) is 12.1 Å². The van der Waals surface area contributed by atoms with Crippen LogP contribution in [0.4, 0.5) is 11.5 Å². The van der Waals surface area contributed by atoms with Crippen molar-refractivity contribution in [3.05, 3.63) is 53.7 Å². The highest BCUT2D eigenvalue weighted by atomic mass is 16.2. The molecule has 1 aromatic carbocycles. The highest BCUT2D eigenvalue weighted by molar-refractivity contribution is 5.93. The number of rotatable bonds is 4. The van der Waals surface area contributed by atoms with Crippen LogP contribution in [0.5, 0.6) is 0 Å². The normalized spacial score (nSPS) is 10.2. The Bertz CT molecular complexity index is 593. The maximum absolute atomic E-state index is 11.7. The Kier molecular flexibility index (Phi) is 4.32. The Morgan fingerprint density at radius 3 is 2.70 bits per heavy atom. The first-order valence-electron chi connectivity index (χ1n) is 6.34. The van der Waals surface area contributed by atoms with Crippen molar-refractivity contribution in [3.63, 3.8) is 0 Å². The lowest BCUT2D eigenvalue weighted by atomic mass is 10.2. The van der Waals surface area contributed by atoms with Crippen molar-refractivity contribution >= 4 is 17.4 Å². The summed E-state index contributed by atoms with van der Waals surface area (Å²) in [5, 5.41) is 3.18. The summed E-state index contributed by atoms with van der Waals surface area (Å²) in [6.07, 6.45) is 1.57. The van der Waals surface area contributed by atoms with Crippen molar-refractivity contribution < 1.29 is 4.79 Å². The molecule has 1 heterocycles. The van der Waals surface area contributed by atoms with Crippen LogP contribution < -0.4 is 11.1 Å². The molecule has 2 aromatic rings. The molecule has 0 aliphatic heterocycles. The predicted molar refractivity (Wildman–Crippen MR) is 79.9 cm³/mol. The second kappa shape index (κ2) is 6.16. The van der Waals surface area contributed by atoms with Crippen LogP contribution in [0.3, 0.4) is 0 Å². The topological polar surface area (TPSA) is 71.2 Å². The number of nitrogens with two attached hydrogens (primary N) is 1. The van der Waals surface area contributed by atoms with E-state index >= 15 is 0 Å². The third-order valence-corrected chi connectivity index (χ3v) is 2.85. The molecular weight excluding hydrogens is 252 g/mol. The van der Waals surface area contributed by atoms with Gasteiger partial charge < -0.3 is 16.0 Å². The average Bonchev–Trinajstić information content (AvgIpc) is 2.47. The SMILES string of the molecule is CN(C)C(=O)c1ccc(Nc2cccc(CN)c2)nc1. The lowest BCUT2D eigenvalue weighted by Gasteiger charge is -2.11. The summed E-state index contributed by atoms with van der Waals surface area (Å²) in [7, 11) is 3.43. The monoisotopic (exact) mass is 270 g/mol. The molecule has 104 valence electrons. The number of nitrogens with zero attached hydrogens (tertiary/aromatic N) is 2. The van der Waals surface area contributed by atoms with E-state index in [-0.39, 0.29) is 5.91 Å². The number of benzene rings is 1. The van der Waals surface area contributed by atoms with Gasteiger partial charge in [-0.3, -0.25) is 4.79 Å². The van der Waals surface area contributed by atoms with Gasteiger partial charge in [0.05, 0.1) is 5.56 Å². The van der Waals surface area contributed by atoms with E-state index in [1.165, 1.54) is 4.90 Å². The molecule has 0 saturated carbocycles. The number of amides is 1. The van der Waals surface area contributed by atoms with Crippen LogP contribution in [-0.4, -0.2) is 29.9 Å². The van der Waals surface area contributed by atoms with Crippen molar-refractivity contribution in [1.82, 2.24) is 9.88 Å². The van der Waals surface area contributed by atoms with Crippen molar-refractivity contribution in [3.8, 4) is 0 Å². The summed E-state index contributed by atoms with van der Waals surface area (Å²) in [6.45, 7) is 0.499. The molecule has 2 rings (SSSR count). The second-order valence-corrected chi connectivity index (χ2v) is 4.66. The highest BCUT2D eigenvalue weighted by Gasteiger charge is 2.08. The highest BCUT2D eigenvalue weighted by Crippen LogP contribution is 2.16. The van der Waals surface area contributed by atoms with Gasteiger partial charge in [0.25, 0.3) is 5.91 Å². The van der Waals surface area contributed by atoms with Crippen molar-refractivity contribution in [2.24, 2.45) is 5.73 Å². The van der Waals surface area contributed by atoms with E-state index in [0.29, 0.717) is 17.9 Å². The molecule has 1 amide bonds. The Morgan fingerprint density at radius 2 is 2.10 bits per heavy atom. The largest absolute Gasteiger partial charge is 0.345 e. The molecule has 0 atom stereocenters. The van der Waals surface area contributed by atoms with E-state index in [0.717, 1.165) is 11.3 Å². The van der Waals surface area contributed by atoms with Crippen LogP contribution in [0.2, 0.25) is 0 Å². The first-order chi connectivity index (χ1) is 9.60. The number of pyridine rings is 1. The third kappa shape index (κ3) is 3.33. The number of carbonyl (C=O) groups is 1. The summed E-state index contributed by atoms with van der Waals surface area (Å²) in [6, 6.07) is 11.4. The molecule has 0 aliphatic rings. The third-order valence-electron chi connectivity index (χ3n) is 2.85. The predicted octanol–water partition coefficient (Wildman–Crippen LogP) is 1.99. The van der Waals surface area contributed by atoms with E-state index < -0.39 is 0 Å². The number of aromatic nitrogens is 1. The summed E-state index contributed by atoms with van der Waals surface area (Å²) < 4.78 is 0. The molecule has 0 radical (unpaired) electrons. The molecule has 0 spiro atoms. The van der Waals surface area contributed by atoms with E-state index in [2.05, 4.69) is 10.3 Å². The summed E-state index contributed by atoms with van der Waals surface area (Å²) in [5.41, 5.74) is 8.15. The second-order valence-electron chi connectivity index (χ2n) is 4.66. The summed E-state index contributed by atoms with van der Waals surface area (Å²) in [5.74, 6) is 0.628. The number of anilines is 2. The number of carbonyl (C=O) groups excluding carboxylic acids is 1. The van der Waals surface area contributed by atoms with Gasteiger partial charge in [0, 0.05) is 32.5 Å². The maximum Gasteiger partial charge on any atom is 0.254 e. The Hall–Kier alpha value is -2.40. The van der Waals surface area contributed by atoms with Gasteiger partial charge in [-0.2, -0.15) is 0 Å². The van der Waals surface area contributed by atoms with Gasteiger partial charge in [-0.15, -0.1) is 0 Å². The van der Waals surface area contributed by atoms with Crippen molar-refractivity contribution in [1.29, 1.82) is 0 Å². The quantitative estimate of drug-likeness (QED) is 0.891. The van der Waals surface area contributed by atoms with E-state index in [4.69, 9.17) is 5.73 Å². The molecule has 1 aromatic heterocycles. The zero-order chi connectivity index (χ0) is 14.5. The number of nitrogens with one attached hydrogen (secondary N) is 1. The Labute approximate surface area is 118 Å². The molecule has 0 aliphatic carbocycles. The molecule has 0 bridgehead atoms. The lowest BCUT2D eigenvalue weighted by molar-refractivity contribution is 0.0827. The first kappa shape index (κ1) is 14.0. The molecular formula is C15H18N4O. The molecule has 0 saturated heterocycles. The molecule has 20 heavy (non-hydrogen) atoms. The van der Waals surface area contributed by atoms with E-state index in [9.17, 15) is 4.79 Å². The lowest BCUT2D eigenvalue weighted by Crippen LogP contribution is -2.21. The van der Waals surface area contributed by atoms with Gasteiger partial charge in [-0.05, 0) is 29.8 Å². The van der Waals surface area contributed by atoms with Crippen molar-refractivity contribution in [2.45, 2.75) is 6.54 Å². The van der Waals surface area contributed by atoms with Crippen molar-refractivity contribution in [2.75, 3.05) is 19.4 Å². The van der Waals surface area contributed by atoms with Crippen LogP contribution in [-0.2, 0) is 6.54 Å². The molecule has 3 N–H and O–H groups in total. The van der Waals surface area contributed by atoms with Crippen LogP contribution in [0.25, 0.3) is 0 Å². The fraction of sp³-hybridized carbons (Fsp3) is 0.200. The fourth-order valence-electron chi connectivity index (χ4n) is 1.78. The minimum Gasteiger partial charge on any atom is -0.345 e. The van der Waals surface area contributed by atoms with Crippen LogP contribution in [0.1, 0.15) is 15.9 Å². The van der Waals surface area contributed by atoms with Gasteiger partial charge in [0.1, 0.15) is 5.82 Å². The van der Waals surface area contributed by atoms with Gasteiger partial charge in [-0.25, -0.2) is 4.98 Å². The van der Waals surface area contributed by atoms with E-state index in [1.807, 2.05) is 24.3 Å². The summed E-state index contributed by atoms with van der Waals surface area (Å²) >= 11 is 0. The standard InChI is InChI=1S/C15H18N4O/c1-19(2)15(20)12-6-7-14(17-10-12)18-13-5-3-4-11(8-13)9-16/h3-8,10H,9,16H2,1-2H3,(H,17,18). The Balaban J connectivity index is 2.12. The van der Waals surface area contributed by atoms with Crippen LogP contribution in [0.15, 0.2) is 42.6 Å². The molecule has 0 unspecified atom stereocenters. The zero-order valence-corrected chi connectivity index (χ0v) is 11.6. The first-order valence-corrected chi connectivity index (χ1v) is 6.34. The van der Waals surface area contributed by atoms with Gasteiger partial charge in [0.2, 0.25) is 0 Å².